The summed E-state index contributed by atoms with van der Waals surface area (Å²) in [6.07, 6.45) is 0.479. The van der Waals surface area contributed by atoms with Crippen LogP contribution in [0.25, 0.3) is 0 Å². The first kappa shape index (κ1) is 26.6. The number of ether oxygens (including phenoxy) is 1. The van der Waals surface area contributed by atoms with Gasteiger partial charge < -0.3 is 21.1 Å². The highest BCUT2D eigenvalue weighted by molar-refractivity contribution is 6.25. The second kappa shape index (κ2) is 10.8. The number of nitrogens with one attached hydrogen (secondary N) is 2. The summed E-state index contributed by atoms with van der Waals surface area (Å²) in [5.41, 5.74) is 5.54. The molecule has 0 bridgehead atoms. The Bertz CT molecular complexity index is 1090. The molecule has 2 heterocycles. The Balaban J connectivity index is 1.49. The van der Waals surface area contributed by atoms with Crippen LogP contribution in [-0.2, 0) is 19.1 Å². The number of imide groups is 2. The van der Waals surface area contributed by atoms with Crippen LogP contribution in [0.3, 0.4) is 0 Å². The molecule has 1 fully saturated rings. The van der Waals surface area contributed by atoms with Crippen LogP contribution in [-0.4, -0.2) is 76.7 Å². The number of nitrogen functional groups attached to an aromatic ring is 1. The second-order valence-electron chi connectivity index (χ2n) is 9.61. The van der Waals surface area contributed by atoms with Gasteiger partial charge in [0.25, 0.3) is 17.7 Å². The number of anilines is 1. The Morgan fingerprint density at radius 2 is 1.72 bits per heavy atom. The van der Waals surface area contributed by atoms with Crippen LogP contribution in [0.15, 0.2) is 18.2 Å². The molecule has 4 N–H and O–H groups in total. The summed E-state index contributed by atoms with van der Waals surface area (Å²) in [4.78, 5) is 76.7. The number of benzene rings is 1. The minimum absolute atomic E-state index is 0.0220. The van der Waals surface area contributed by atoms with Crippen molar-refractivity contribution in [1.82, 2.24) is 20.4 Å². The molecule has 1 aromatic rings. The van der Waals surface area contributed by atoms with Crippen molar-refractivity contribution in [2.24, 2.45) is 0 Å². The van der Waals surface area contributed by atoms with Gasteiger partial charge in [-0.1, -0.05) is 6.07 Å². The van der Waals surface area contributed by atoms with E-state index >= 15 is 0 Å². The van der Waals surface area contributed by atoms with Gasteiger partial charge in [-0.05, 0) is 52.2 Å². The fraction of sp³-hybridized carbons (Fsp3) is 0.500. The van der Waals surface area contributed by atoms with E-state index in [2.05, 4.69) is 10.6 Å². The van der Waals surface area contributed by atoms with Gasteiger partial charge in [0.15, 0.2) is 0 Å². The van der Waals surface area contributed by atoms with E-state index in [1.807, 2.05) is 0 Å². The molecule has 0 saturated carbocycles. The number of nitrogens with two attached hydrogens (primary N) is 1. The fourth-order valence-corrected chi connectivity index (χ4v) is 4.02. The molecule has 1 aromatic carbocycles. The highest BCUT2D eigenvalue weighted by Crippen LogP contribution is 2.32. The zero-order chi connectivity index (χ0) is 26.6. The van der Waals surface area contributed by atoms with Gasteiger partial charge in [-0.3, -0.25) is 33.8 Å². The minimum Gasteiger partial charge on any atom is -0.444 e. The van der Waals surface area contributed by atoms with Crippen LogP contribution in [0.2, 0.25) is 0 Å². The molecule has 2 aliphatic heterocycles. The van der Waals surface area contributed by atoms with Crippen LogP contribution in [0, 0.1) is 0 Å². The molecular formula is C24H31N5O7. The summed E-state index contributed by atoms with van der Waals surface area (Å²) < 4.78 is 5.13. The lowest BCUT2D eigenvalue weighted by Crippen LogP contribution is -2.57. The number of nitrogens with zero attached hydrogens (tertiary/aromatic N) is 2. The van der Waals surface area contributed by atoms with Crippen molar-refractivity contribution in [3.8, 4) is 0 Å². The van der Waals surface area contributed by atoms with Crippen LogP contribution in [0.1, 0.15) is 67.2 Å². The van der Waals surface area contributed by atoms with Gasteiger partial charge in [-0.25, -0.2) is 4.79 Å². The Kier molecular flexibility index (Phi) is 7.96. The molecule has 0 aromatic heterocycles. The van der Waals surface area contributed by atoms with E-state index in [4.69, 9.17) is 10.5 Å². The molecule has 194 valence electrons. The lowest BCUT2D eigenvalue weighted by atomic mass is 10.0. The summed E-state index contributed by atoms with van der Waals surface area (Å²) in [6.45, 7) is 5.40. The Labute approximate surface area is 208 Å². The van der Waals surface area contributed by atoms with E-state index in [1.54, 1.807) is 26.8 Å². The zero-order valence-electron chi connectivity index (χ0n) is 20.6. The molecule has 3 rings (SSSR count). The number of rotatable bonds is 8. The van der Waals surface area contributed by atoms with E-state index in [9.17, 15) is 28.8 Å². The average Bonchev–Trinajstić information content (AvgIpc) is 3.04. The number of fused-ring (bicyclic) bond motifs is 1. The van der Waals surface area contributed by atoms with E-state index in [0.29, 0.717) is 19.4 Å². The second-order valence-corrected chi connectivity index (χ2v) is 9.61. The highest BCUT2D eigenvalue weighted by atomic mass is 16.6. The van der Waals surface area contributed by atoms with Gasteiger partial charge in [-0.15, -0.1) is 0 Å². The van der Waals surface area contributed by atoms with E-state index in [0.717, 1.165) is 9.80 Å². The quantitative estimate of drug-likeness (QED) is 0.267. The third-order valence-electron chi connectivity index (χ3n) is 5.67. The molecule has 1 unspecified atom stereocenters. The number of amides is 6. The Hall–Kier alpha value is -3.96. The van der Waals surface area contributed by atoms with E-state index in [1.165, 1.54) is 12.1 Å². The van der Waals surface area contributed by atoms with Gasteiger partial charge in [-0.2, -0.15) is 0 Å². The zero-order valence-corrected chi connectivity index (χ0v) is 20.6. The number of likely N-dealkylation sites (tertiary alicyclic amines) is 1. The van der Waals surface area contributed by atoms with Gasteiger partial charge in [0.1, 0.15) is 18.2 Å². The largest absolute Gasteiger partial charge is 0.444 e. The Morgan fingerprint density at radius 1 is 1.06 bits per heavy atom. The van der Waals surface area contributed by atoms with E-state index in [-0.39, 0.29) is 36.2 Å². The summed E-state index contributed by atoms with van der Waals surface area (Å²) in [5, 5.41) is 5.24. The summed E-state index contributed by atoms with van der Waals surface area (Å²) in [5.74, 6) is -3.23. The molecule has 6 amide bonds. The lowest BCUT2D eigenvalue weighted by Gasteiger charge is -2.34. The van der Waals surface area contributed by atoms with Crippen LogP contribution < -0.4 is 16.4 Å². The van der Waals surface area contributed by atoms with Crippen molar-refractivity contribution in [2.45, 2.75) is 58.1 Å². The van der Waals surface area contributed by atoms with Crippen molar-refractivity contribution in [2.75, 3.05) is 25.4 Å². The van der Waals surface area contributed by atoms with Crippen molar-refractivity contribution >= 4 is 41.3 Å². The SMILES string of the molecule is CC(C)(C)OC(=O)NCCCCNC(=O)CN1C(=O)CCC(N2C(=O)c3cccc(N)c3C2=O)C1=O. The predicted octanol–water partition coefficient (Wildman–Crippen LogP) is 0.804. The summed E-state index contributed by atoms with van der Waals surface area (Å²) >= 11 is 0. The molecule has 1 atom stereocenters. The molecular weight excluding hydrogens is 470 g/mol. The maximum atomic E-state index is 13.1. The molecule has 1 saturated heterocycles. The monoisotopic (exact) mass is 501 g/mol. The first-order chi connectivity index (χ1) is 16.9. The number of carbonyl (C=O) groups excluding carboxylic acids is 6. The first-order valence-corrected chi connectivity index (χ1v) is 11.7. The molecule has 36 heavy (non-hydrogen) atoms. The van der Waals surface area contributed by atoms with Crippen LogP contribution in [0.4, 0.5) is 10.5 Å². The number of unbranched alkanes of at least 4 members (excludes halogenated alkanes) is 1. The summed E-state index contributed by atoms with van der Waals surface area (Å²) in [7, 11) is 0. The van der Waals surface area contributed by atoms with Crippen molar-refractivity contribution < 1.29 is 33.5 Å². The van der Waals surface area contributed by atoms with Crippen molar-refractivity contribution in [1.29, 1.82) is 0 Å². The Morgan fingerprint density at radius 3 is 2.36 bits per heavy atom. The maximum absolute atomic E-state index is 13.1. The van der Waals surface area contributed by atoms with Gasteiger partial charge >= 0.3 is 6.09 Å². The standard InChI is InChI=1S/C24H31N5O7/c1-24(2,3)36-23(35)27-12-5-4-11-26-17(30)13-28-18(31)10-9-16(21(28)33)29-20(32)14-7-6-8-15(25)19(14)22(29)34/h6-8,16H,4-5,9-13,25H2,1-3H3,(H,26,30)(H,27,35). The van der Waals surface area contributed by atoms with Crippen LogP contribution in [0.5, 0.6) is 0 Å². The predicted molar refractivity (Wildman–Crippen MR) is 128 cm³/mol. The molecule has 0 radical (unpaired) electrons. The third-order valence-corrected chi connectivity index (χ3v) is 5.67. The molecule has 2 aliphatic rings. The van der Waals surface area contributed by atoms with Crippen molar-refractivity contribution in [3.63, 3.8) is 0 Å². The van der Waals surface area contributed by atoms with Gasteiger partial charge in [0.05, 0.1) is 11.1 Å². The van der Waals surface area contributed by atoms with Crippen LogP contribution >= 0.6 is 0 Å². The maximum Gasteiger partial charge on any atom is 0.407 e. The molecule has 0 spiro atoms. The number of piperidine rings is 1. The third kappa shape index (κ3) is 5.99. The molecule has 12 heteroatoms. The number of hydrogen-bond donors (Lipinski definition) is 3. The van der Waals surface area contributed by atoms with E-state index < -0.39 is 53.8 Å². The fourth-order valence-electron chi connectivity index (χ4n) is 4.02. The topological polar surface area (TPSA) is 168 Å². The highest BCUT2D eigenvalue weighted by Gasteiger charge is 2.47. The first-order valence-electron chi connectivity index (χ1n) is 11.7. The number of alkyl carbamates (subject to hydrolysis) is 1. The molecule has 0 aliphatic carbocycles. The summed E-state index contributed by atoms with van der Waals surface area (Å²) in [6, 6.07) is 3.29. The average molecular weight is 502 g/mol. The van der Waals surface area contributed by atoms with Gasteiger partial charge in [0.2, 0.25) is 11.8 Å². The van der Waals surface area contributed by atoms with Gasteiger partial charge in [0, 0.05) is 25.2 Å². The normalized spacial score (nSPS) is 17.8. The number of hydrogen-bond acceptors (Lipinski definition) is 8. The lowest BCUT2D eigenvalue weighted by molar-refractivity contribution is -0.154. The van der Waals surface area contributed by atoms with Crippen molar-refractivity contribution in [3.05, 3.63) is 29.3 Å². The molecule has 12 nitrogen and oxygen atoms in total. The minimum atomic E-state index is -1.19. The number of carbonyl (C=O) groups is 6. The smallest absolute Gasteiger partial charge is 0.407 e.